The Morgan fingerprint density at radius 1 is 1.30 bits per heavy atom. The number of amides is 1. The number of carbonyl (C=O) groups excluding carboxylic acids is 1. The molecule has 0 saturated heterocycles. The lowest BCUT2D eigenvalue weighted by molar-refractivity contribution is -0.133. The molecular weight excluding hydrogens is 346 g/mol. The van der Waals surface area contributed by atoms with E-state index < -0.39 is 0 Å². The van der Waals surface area contributed by atoms with Crippen LogP contribution in [0, 0.1) is 5.41 Å². The van der Waals surface area contributed by atoms with Crippen molar-refractivity contribution in [1.82, 2.24) is 34.4 Å². The third kappa shape index (κ3) is 3.40. The second-order valence-electron chi connectivity index (χ2n) is 7.61. The maximum Gasteiger partial charge on any atom is 0.343 e. The van der Waals surface area contributed by atoms with E-state index in [0.29, 0.717) is 13.1 Å². The minimum atomic E-state index is -0.386. The summed E-state index contributed by atoms with van der Waals surface area (Å²) in [5, 5.41) is 10.5. The molecule has 0 aromatic carbocycles. The van der Waals surface area contributed by atoms with Gasteiger partial charge in [-0.15, -0.1) is 0 Å². The first kappa shape index (κ1) is 17.2. The van der Waals surface area contributed by atoms with Gasteiger partial charge in [-0.2, -0.15) is 10.2 Å². The van der Waals surface area contributed by atoms with E-state index in [1.165, 1.54) is 10.9 Å². The highest BCUT2D eigenvalue weighted by atomic mass is 16.2. The van der Waals surface area contributed by atoms with Crippen molar-refractivity contribution < 1.29 is 4.79 Å². The maximum absolute atomic E-state index is 12.8. The number of carbonyl (C=O) groups is 1. The molecule has 1 aliphatic heterocycles. The molecular formula is C18H21N7O2. The number of nitrogens with one attached hydrogen (secondary N) is 1. The van der Waals surface area contributed by atoms with E-state index in [1.807, 2.05) is 23.0 Å². The van der Waals surface area contributed by atoms with Crippen LogP contribution in [0.5, 0.6) is 0 Å². The Balaban J connectivity index is 1.65. The predicted molar refractivity (Wildman–Crippen MR) is 97.1 cm³/mol. The van der Waals surface area contributed by atoms with E-state index in [-0.39, 0.29) is 23.6 Å². The van der Waals surface area contributed by atoms with Crippen molar-refractivity contribution in [3.05, 3.63) is 58.8 Å². The summed E-state index contributed by atoms with van der Waals surface area (Å²) in [6, 6.07) is 3.83. The predicted octanol–water partition coefficient (Wildman–Crippen LogP) is 0.763. The summed E-state index contributed by atoms with van der Waals surface area (Å²) in [6.45, 7) is 5.31. The molecule has 0 radical (unpaired) electrons. The average Bonchev–Trinajstić information content (AvgIpc) is 3.17. The summed E-state index contributed by atoms with van der Waals surface area (Å²) in [5.41, 5.74) is 2.55. The van der Waals surface area contributed by atoms with Gasteiger partial charge in [-0.3, -0.25) is 14.3 Å². The SMILES string of the molecule is CC1(C)Cc2c(cnn2-c2ccncc2)CN(C(=O)Cn2cn[nH]c2=O)C1. The number of hydrogen-bond acceptors (Lipinski definition) is 5. The van der Waals surface area contributed by atoms with Crippen LogP contribution >= 0.6 is 0 Å². The molecule has 9 heteroatoms. The van der Waals surface area contributed by atoms with Gasteiger partial charge >= 0.3 is 5.69 Å². The number of rotatable bonds is 3. The van der Waals surface area contributed by atoms with Gasteiger partial charge in [0.2, 0.25) is 5.91 Å². The highest BCUT2D eigenvalue weighted by molar-refractivity contribution is 5.76. The molecule has 3 aromatic rings. The minimum Gasteiger partial charge on any atom is -0.336 e. The number of nitrogens with zero attached hydrogens (tertiary/aromatic N) is 6. The zero-order valence-electron chi connectivity index (χ0n) is 15.3. The van der Waals surface area contributed by atoms with Crippen molar-refractivity contribution in [3.8, 4) is 5.69 Å². The molecule has 4 heterocycles. The van der Waals surface area contributed by atoms with Crippen molar-refractivity contribution in [1.29, 1.82) is 0 Å². The molecule has 3 aromatic heterocycles. The Kier molecular flexibility index (Phi) is 4.14. The van der Waals surface area contributed by atoms with Gasteiger partial charge in [0.15, 0.2) is 0 Å². The number of pyridine rings is 1. The molecule has 9 nitrogen and oxygen atoms in total. The molecule has 0 bridgehead atoms. The zero-order chi connectivity index (χ0) is 19.0. The van der Waals surface area contributed by atoms with E-state index in [4.69, 9.17) is 0 Å². The highest BCUT2D eigenvalue weighted by Crippen LogP contribution is 2.31. The summed E-state index contributed by atoms with van der Waals surface area (Å²) in [5.74, 6) is -0.115. The molecule has 27 heavy (non-hydrogen) atoms. The zero-order valence-corrected chi connectivity index (χ0v) is 15.3. The molecule has 1 amide bonds. The van der Waals surface area contributed by atoms with Crippen molar-refractivity contribution >= 4 is 5.91 Å². The first-order valence-electron chi connectivity index (χ1n) is 8.77. The van der Waals surface area contributed by atoms with Crippen LogP contribution in [-0.4, -0.2) is 46.9 Å². The van der Waals surface area contributed by atoms with E-state index >= 15 is 0 Å². The Morgan fingerprint density at radius 2 is 2.07 bits per heavy atom. The minimum absolute atomic E-state index is 0.0285. The van der Waals surface area contributed by atoms with Crippen LogP contribution in [0.15, 0.2) is 41.8 Å². The van der Waals surface area contributed by atoms with Crippen LogP contribution in [0.25, 0.3) is 5.69 Å². The molecule has 0 aliphatic carbocycles. The lowest BCUT2D eigenvalue weighted by atomic mass is 9.87. The van der Waals surface area contributed by atoms with E-state index in [9.17, 15) is 9.59 Å². The molecule has 140 valence electrons. The lowest BCUT2D eigenvalue weighted by Gasteiger charge is -2.29. The first-order valence-corrected chi connectivity index (χ1v) is 8.77. The highest BCUT2D eigenvalue weighted by Gasteiger charge is 2.32. The van der Waals surface area contributed by atoms with Crippen LogP contribution in [0.2, 0.25) is 0 Å². The van der Waals surface area contributed by atoms with Crippen molar-refractivity contribution in [3.63, 3.8) is 0 Å². The smallest absolute Gasteiger partial charge is 0.336 e. The quantitative estimate of drug-likeness (QED) is 0.736. The van der Waals surface area contributed by atoms with Gasteiger partial charge in [0.25, 0.3) is 0 Å². The molecule has 0 fully saturated rings. The second-order valence-corrected chi connectivity index (χ2v) is 7.61. The third-order valence-electron chi connectivity index (χ3n) is 4.77. The molecule has 1 aliphatic rings. The molecule has 0 unspecified atom stereocenters. The standard InChI is InChI=1S/C18H21N7O2/c1-18(2)7-15-13(8-21-25(15)14-3-5-19-6-4-14)9-23(11-18)16(26)10-24-12-20-22-17(24)27/h3-6,8,12H,7,9-11H2,1-2H3,(H,22,27). The Morgan fingerprint density at radius 3 is 2.78 bits per heavy atom. The fourth-order valence-corrected chi connectivity index (χ4v) is 3.53. The Labute approximate surface area is 155 Å². The fraction of sp³-hybridized carbons (Fsp3) is 0.389. The maximum atomic E-state index is 12.8. The van der Waals surface area contributed by atoms with Crippen LogP contribution in [0.3, 0.4) is 0 Å². The Bertz CT molecular complexity index is 1020. The number of aromatic nitrogens is 6. The van der Waals surface area contributed by atoms with Gasteiger partial charge in [0.05, 0.1) is 11.9 Å². The summed E-state index contributed by atoms with van der Waals surface area (Å²) in [4.78, 5) is 30.3. The van der Waals surface area contributed by atoms with Crippen LogP contribution in [0.4, 0.5) is 0 Å². The van der Waals surface area contributed by atoms with Gasteiger partial charge in [0.1, 0.15) is 12.9 Å². The van der Waals surface area contributed by atoms with Crippen molar-refractivity contribution in [2.24, 2.45) is 5.41 Å². The first-order chi connectivity index (χ1) is 12.9. The summed E-state index contributed by atoms with van der Waals surface area (Å²) in [7, 11) is 0. The molecule has 0 atom stereocenters. The molecule has 0 spiro atoms. The number of aromatic amines is 1. The third-order valence-corrected chi connectivity index (χ3v) is 4.77. The van der Waals surface area contributed by atoms with Crippen molar-refractivity contribution in [2.75, 3.05) is 6.54 Å². The van der Waals surface area contributed by atoms with E-state index in [0.717, 1.165) is 23.4 Å². The van der Waals surface area contributed by atoms with Crippen LogP contribution in [0.1, 0.15) is 25.1 Å². The normalized spacial score (nSPS) is 16.0. The topological polar surface area (TPSA) is 102 Å². The van der Waals surface area contributed by atoms with Crippen molar-refractivity contribution in [2.45, 2.75) is 33.4 Å². The van der Waals surface area contributed by atoms with Crippen LogP contribution in [-0.2, 0) is 24.3 Å². The number of fused-ring (bicyclic) bond motifs is 1. The largest absolute Gasteiger partial charge is 0.343 e. The average molecular weight is 367 g/mol. The van der Waals surface area contributed by atoms with Crippen LogP contribution < -0.4 is 5.69 Å². The molecule has 1 N–H and O–H groups in total. The number of H-pyrrole nitrogens is 1. The summed E-state index contributed by atoms with van der Waals surface area (Å²) in [6.07, 6.45) is 7.44. The monoisotopic (exact) mass is 367 g/mol. The van der Waals surface area contributed by atoms with Gasteiger partial charge in [-0.25, -0.2) is 14.6 Å². The van der Waals surface area contributed by atoms with Gasteiger partial charge in [-0.05, 0) is 24.0 Å². The summed E-state index contributed by atoms with van der Waals surface area (Å²) >= 11 is 0. The number of hydrogen-bond donors (Lipinski definition) is 1. The molecule has 0 saturated carbocycles. The lowest BCUT2D eigenvalue weighted by Crippen LogP contribution is -2.40. The van der Waals surface area contributed by atoms with Gasteiger partial charge in [0, 0.05) is 36.7 Å². The Hall–Kier alpha value is -3.23. The van der Waals surface area contributed by atoms with Gasteiger partial charge in [-0.1, -0.05) is 13.8 Å². The van der Waals surface area contributed by atoms with E-state index in [2.05, 4.69) is 34.1 Å². The molecule has 4 rings (SSSR count). The van der Waals surface area contributed by atoms with E-state index in [1.54, 1.807) is 17.3 Å². The fourth-order valence-electron chi connectivity index (χ4n) is 3.53. The second kappa shape index (κ2) is 6.49. The van der Waals surface area contributed by atoms with Gasteiger partial charge < -0.3 is 4.90 Å². The summed E-state index contributed by atoms with van der Waals surface area (Å²) < 4.78 is 3.20.